The Kier molecular flexibility index (Phi) is 4.58. The van der Waals surface area contributed by atoms with Crippen LogP contribution in [-0.2, 0) is 14.8 Å². The van der Waals surface area contributed by atoms with Crippen molar-refractivity contribution in [2.24, 2.45) is 0 Å². The van der Waals surface area contributed by atoms with Gasteiger partial charge < -0.3 is 0 Å². The molecule has 0 aliphatic rings. The van der Waals surface area contributed by atoms with Gasteiger partial charge in [-0.3, -0.25) is 0 Å². The molecule has 0 aromatic rings. The summed E-state index contributed by atoms with van der Waals surface area (Å²) in [5, 5.41) is -3.67. The smallest absolute Gasteiger partial charge is 0.170 e. The summed E-state index contributed by atoms with van der Waals surface area (Å²) < 4.78 is 82.0. The van der Waals surface area contributed by atoms with Gasteiger partial charge in [-0.1, -0.05) is 15.5 Å². The summed E-state index contributed by atoms with van der Waals surface area (Å²) in [5.74, 6) is 0. The monoisotopic (exact) mass is 295 g/mol. The fourth-order valence-corrected chi connectivity index (χ4v) is 1.08. The third-order valence-corrected chi connectivity index (χ3v) is 1.51. The molecular weight excluding hydrogens is 296 g/mol. The third-order valence-electron chi connectivity index (χ3n) is 0.728. The molecule has 90 valence electrons. The molecule has 0 heterocycles. The molecule has 4 nitrogen and oxygen atoms in total. The minimum Gasteiger partial charge on any atom is -0.170 e. The maximum atomic E-state index is 12.2. The first kappa shape index (κ1) is 14.7. The van der Waals surface area contributed by atoms with Crippen LogP contribution in [0.25, 0.3) is 0 Å². The fraction of sp³-hybridized carbons (Fsp3) is 0.333. The zero-order chi connectivity index (χ0) is 12.4. The largest absolute Gasteiger partial charge is 0.459 e. The molecule has 0 bridgehead atoms. The molecule has 0 atom stereocenters. The highest BCUT2D eigenvalue weighted by Crippen LogP contribution is 2.33. The van der Waals surface area contributed by atoms with E-state index in [2.05, 4.69) is 27.5 Å². The standard InChI is InChI=1S/C3Cl2F5NO3S/c4-1(2(6)7)11(3(5,8)9)14-15(10,12)13. The van der Waals surface area contributed by atoms with Gasteiger partial charge in [-0.2, -0.15) is 26.0 Å². The minimum absolute atomic E-state index is 1.50. The van der Waals surface area contributed by atoms with E-state index in [0.29, 0.717) is 0 Å². The molecule has 0 aromatic carbocycles. The Hall–Kier alpha value is -0.320. The average Bonchev–Trinajstić information content (AvgIpc) is 1.94. The Morgan fingerprint density at radius 1 is 1.33 bits per heavy atom. The van der Waals surface area contributed by atoms with E-state index < -0.39 is 32.3 Å². The number of hydroxylamine groups is 2. The number of alkyl halides is 3. The molecule has 0 rings (SSSR count). The molecule has 0 spiro atoms. The van der Waals surface area contributed by atoms with E-state index in [-0.39, 0.29) is 0 Å². The highest BCUT2D eigenvalue weighted by atomic mass is 35.5. The molecule has 0 amide bonds. The van der Waals surface area contributed by atoms with Gasteiger partial charge in [0.05, 0.1) is 0 Å². The van der Waals surface area contributed by atoms with E-state index in [0.717, 1.165) is 0 Å². The van der Waals surface area contributed by atoms with Crippen molar-refractivity contribution in [1.29, 1.82) is 0 Å². The molecule has 0 aliphatic carbocycles. The number of halogens is 7. The lowest BCUT2D eigenvalue weighted by Crippen LogP contribution is -2.36. The van der Waals surface area contributed by atoms with Crippen molar-refractivity contribution in [1.82, 2.24) is 5.06 Å². The molecule has 0 unspecified atom stereocenters. The zero-order valence-corrected chi connectivity index (χ0v) is 8.55. The lowest BCUT2D eigenvalue weighted by molar-refractivity contribution is -0.190. The van der Waals surface area contributed by atoms with Gasteiger partial charge in [0.2, 0.25) is 5.16 Å². The van der Waals surface area contributed by atoms with E-state index in [1.165, 1.54) is 0 Å². The first-order valence-corrected chi connectivity index (χ1v) is 4.73. The van der Waals surface area contributed by atoms with E-state index in [4.69, 9.17) is 0 Å². The molecule has 0 radical (unpaired) electrons. The van der Waals surface area contributed by atoms with Crippen LogP contribution < -0.4 is 0 Å². The van der Waals surface area contributed by atoms with Gasteiger partial charge in [-0.05, 0) is 11.6 Å². The number of hydrogen-bond donors (Lipinski definition) is 0. The topological polar surface area (TPSA) is 46.6 Å². The molecule has 0 saturated carbocycles. The maximum absolute atomic E-state index is 12.2. The van der Waals surface area contributed by atoms with E-state index in [1.807, 2.05) is 0 Å². The summed E-state index contributed by atoms with van der Waals surface area (Å²) >= 11 is 8.64. The molecule has 0 saturated heterocycles. The summed E-state index contributed by atoms with van der Waals surface area (Å²) in [6.07, 6.45) is -2.94. The lowest BCUT2D eigenvalue weighted by atomic mass is 10.9. The van der Waals surface area contributed by atoms with Crippen LogP contribution in [0.2, 0.25) is 0 Å². The van der Waals surface area contributed by atoms with Crippen molar-refractivity contribution in [2.75, 3.05) is 0 Å². The van der Waals surface area contributed by atoms with Gasteiger partial charge in [-0.15, -0.1) is 9.35 Å². The highest BCUT2D eigenvalue weighted by molar-refractivity contribution is 7.81. The Balaban J connectivity index is 5.20. The van der Waals surface area contributed by atoms with Crippen molar-refractivity contribution in [3.05, 3.63) is 11.2 Å². The summed E-state index contributed by atoms with van der Waals surface area (Å²) in [4.78, 5) is 0. The van der Waals surface area contributed by atoms with Crippen molar-refractivity contribution in [3.63, 3.8) is 0 Å². The van der Waals surface area contributed by atoms with Crippen LogP contribution in [0.4, 0.5) is 21.4 Å². The van der Waals surface area contributed by atoms with Crippen LogP contribution in [0.3, 0.4) is 0 Å². The molecule has 0 fully saturated rings. The first-order valence-electron chi connectivity index (χ1n) is 2.67. The van der Waals surface area contributed by atoms with Crippen molar-refractivity contribution in [2.45, 2.75) is 5.51 Å². The summed E-state index contributed by atoms with van der Waals surface area (Å²) in [6, 6.07) is 0. The number of nitrogens with zero attached hydrogens (tertiary/aromatic N) is 1. The lowest BCUT2D eigenvalue weighted by Gasteiger charge is -2.22. The zero-order valence-electron chi connectivity index (χ0n) is 6.23. The second-order valence-corrected chi connectivity index (χ2v) is 3.53. The van der Waals surface area contributed by atoms with Crippen molar-refractivity contribution >= 4 is 33.7 Å². The van der Waals surface area contributed by atoms with Gasteiger partial charge in [-0.25, -0.2) is 0 Å². The summed E-state index contributed by atoms with van der Waals surface area (Å²) in [7, 11) is -5.98. The molecular formula is C3Cl2F5NO3S. The Bertz CT molecular complexity index is 360. The average molecular weight is 296 g/mol. The van der Waals surface area contributed by atoms with Gasteiger partial charge in [0.15, 0.2) is 0 Å². The third kappa shape index (κ3) is 5.35. The van der Waals surface area contributed by atoms with E-state index in [1.54, 1.807) is 0 Å². The SMILES string of the molecule is O=S(=O)(F)ON(C(Cl)=C(F)F)C(F)(F)Cl. The van der Waals surface area contributed by atoms with Crippen molar-refractivity contribution in [3.8, 4) is 0 Å². The maximum Gasteiger partial charge on any atom is 0.459 e. The minimum atomic E-state index is -5.98. The number of rotatable bonds is 4. The summed E-state index contributed by atoms with van der Waals surface area (Å²) in [6.45, 7) is 0. The Morgan fingerprint density at radius 3 is 1.93 bits per heavy atom. The van der Waals surface area contributed by atoms with Crippen molar-refractivity contribution < 1.29 is 34.1 Å². The quantitative estimate of drug-likeness (QED) is 0.263. The van der Waals surface area contributed by atoms with Crippen LogP contribution in [0.5, 0.6) is 0 Å². The molecule has 0 aliphatic heterocycles. The van der Waals surface area contributed by atoms with Crippen LogP contribution >= 0.6 is 23.2 Å². The van der Waals surface area contributed by atoms with Crippen LogP contribution in [0.1, 0.15) is 0 Å². The normalized spacial score (nSPS) is 12.5. The van der Waals surface area contributed by atoms with Crippen LogP contribution in [0.15, 0.2) is 11.2 Å². The van der Waals surface area contributed by atoms with Gasteiger partial charge in [0, 0.05) is 0 Å². The molecule has 15 heavy (non-hydrogen) atoms. The highest BCUT2D eigenvalue weighted by Gasteiger charge is 2.42. The molecule has 0 N–H and O–H groups in total. The number of hydrogen-bond acceptors (Lipinski definition) is 4. The second kappa shape index (κ2) is 4.68. The van der Waals surface area contributed by atoms with Gasteiger partial charge >= 0.3 is 22.1 Å². The second-order valence-electron chi connectivity index (χ2n) is 1.78. The van der Waals surface area contributed by atoms with E-state index in [9.17, 15) is 29.9 Å². The fourth-order valence-electron chi connectivity index (χ4n) is 0.352. The molecule has 12 heteroatoms. The predicted molar refractivity (Wildman–Crippen MR) is 38.8 cm³/mol. The first-order chi connectivity index (χ1) is 6.45. The summed E-state index contributed by atoms with van der Waals surface area (Å²) in [5.41, 5.74) is -4.78. The Morgan fingerprint density at radius 2 is 1.73 bits per heavy atom. The van der Waals surface area contributed by atoms with Gasteiger partial charge in [0.1, 0.15) is 0 Å². The van der Waals surface area contributed by atoms with Crippen LogP contribution in [-0.4, -0.2) is 19.0 Å². The van der Waals surface area contributed by atoms with E-state index >= 15 is 0 Å². The van der Waals surface area contributed by atoms with Gasteiger partial charge in [0.25, 0.3) is 0 Å². The Labute approximate surface area is 90.2 Å². The molecule has 0 aromatic heterocycles. The predicted octanol–water partition coefficient (Wildman–Crippen LogP) is 2.53. The van der Waals surface area contributed by atoms with Crippen LogP contribution in [0, 0.1) is 0 Å².